The van der Waals surface area contributed by atoms with Crippen molar-refractivity contribution >= 4 is 30.1 Å². The number of methoxy groups -OCH3 is 1. The number of aldehydes is 1. The van der Waals surface area contributed by atoms with Crippen LogP contribution in [-0.4, -0.2) is 13.4 Å². The van der Waals surface area contributed by atoms with E-state index in [-0.39, 0.29) is 0 Å². The number of aryl methyl sites for hydroxylation is 1. The molecule has 0 amide bonds. The highest BCUT2D eigenvalue weighted by molar-refractivity contribution is 7.79. The van der Waals surface area contributed by atoms with Gasteiger partial charge < -0.3 is 4.74 Å². The van der Waals surface area contributed by atoms with E-state index < -0.39 is 7.92 Å². The summed E-state index contributed by atoms with van der Waals surface area (Å²) in [5, 5.41) is 3.78. The monoisotopic (exact) mass is 334 g/mol. The zero-order valence-corrected chi connectivity index (χ0v) is 14.7. The fourth-order valence-corrected chi connectivity index (χ4v) is 4.81. The summed E-state index contributed by atoms with van der Waals surface area (Å²) >= 11 is 0. The molecular formula is C21H19O2P. The van der Waals surface area contributed by atoms with Crippen LogP contribution >= 0.6 is 7.92 Å². The Morgan fingerprint density at radius 1 is 0.750 bits per heavy atom. The van der Waals surface area contributed by atoms with Gasteiger partial charge in [-0.3, -0.25) is 4.79 Å². The lowest BCUT2D eigenvalue weighted by Crippen LogP contribution is -2.20. The summed E-state index contributed by atoms with van der Waals surface area (Å²) in [4.78, 5) is 10.9. The number of hydrogen-bond donors (Lipinski definition) is 0. The van der Waals surface area contributed by atoms with Gasteiger partial charge in [-0.05, 0) is 42.9 Å². The maximum absolute atomic E-state index is 10.9. The highest BCUT2D eigenvalue weighted by atomic mass is 31.1. The number of hydrogen-bond acceptors (Lipinski definition) is 2. The first-order valence-corrected chi connectivity index (χ1v) is 9.11. The molecule has 0 heterocycles. The van der Waals surface area contributed by atoms with Crippen molar-refractivity contribution in [1.29, 1.82) is 0 Å². The Kier molecular flexibility index (Phi) is 5.08. The average molecular weight is 334 g/mol. The zero-order valence-electron chi connectivity index (χ0n) is 13.8. The van der Waals surface area contributed by atoms with Crippen LogP contribution < -0.4 is 20.7 Å². The molecule has 0 bridgehead atoms. The van der Waals surface area contributed by atoms with E-state index in [9.17, 15) is 4.79 Å². The second kappa shape index (κ2) is 7.42. The molecule has 0 aliphatic carbocycles. The standard InChI is InChI=1S/C21H19O2P/c1-16-3-9-19(10-4-16)24(20-11-5-17(15-22)6-12-20)21-13-7-18(23-2)8-14-21/h3-15H,1-2H3. The summed E-state index contributed by atoms with van der Waals surface area (Å²) < 4.78 is 5.27. The van der Waals surface area contributed by atoms with Crippen molar-refractivity contribution in [3.63, 3.8) is 0 Å². The van der Waals surface area contributed by atoms with E-state index in [0.717, 1.165) is 12.0 Å². The van der Waals surface area contributed by atoms with Crippen molar-refractivity contribution in [2.24, 2.45) is 0 Å². The average Bonchev–Trinajstić information content (AvgIpc) is 2.64. The zero-order chi connectivity index (χ0) is 16.9. The van der Waals surface area contributed by atoms with Gasteiger partial charge in [-0.25, -0.2) is 0 Å². The smallest absolute Gasteiger partial charge is 0.150 e. The van der Waals surface area contributed by atoms with Crippen LogP contribution in [0.4, 0.5) is 0 Å². The lowest BCUT2D eigenvalue weighted by atomic mass is 10.2. The molecule has 1 atom stereocenters. The molecule has 0 aliphatic rings. The molecule has 2 nitrogen and oxygen atoms in total. The van der Waals surface area contributed by atoms with Crippen LogP contribution in [0.1, 0.15) is 15.9 Å². The van der Waals surface area contributed by atoms with E-state index in [1.807, 2.05) is 24.3 Å². The Morgan fingerprint density at radius 3 is 1.67 bits per heavy atom. The SMILES string of the molecule is COc1ccc(P(c2ccc(C)cc2)c2ccc(C=O)cc2)cc1. The molecule has 0 N–H and O–H groups in total. The molecule has 0 aromatic heterocycles. The largest absolute Gasteiger partial charge is 0.497 e. The minimum atomic E-state index is -0.665. The van der Waals surface area contributed by atoms with Crippen LogP contribution in [0.25, 0.3) is 0 Å². The second-order valence-electron chi connectivity index (χ2n) is 5.58. The number of benzene rings is 3. The Balaban J connectivity index is 2.07. The first-order chi connectivity index (χ1) is 11.7. The molecule has 0 aliphatic heterocycles. The molecule has 1 unspecified atom stereocenters. The molecule has 0 fully saturated rings. The summed E-state index contributed by atoms with van der Waals surface area (Å²) in [6.07, 6.45) is 0.880. The van der Waals surface area contributed by atoms with Gasteiger partial charge in [0.05, 0.1) is 7.11 Å². The van der Waals surface area contributed by atoms with Gasteiger partial charge in [0.2, 0.25) is 0 Å². The number of ether oxygens (including phenoxy) is 1. The fraction of sp³-hybridized carbons (Fsp3) is 0.0952. The highest BCUT2D eigenvalue weighted by Crippen LogP contribution is 2.33. The van der Waals surface area contributed by atoms with E-state index in [1.165, 1.54) is 21.5 Å². The Labute approximate surface area is 143 Å². The summed E-state index contributed by atoms with van der Waals surface area (Å²) in [6.45, 7) is 2.10. The van der Waals surface area contributed by atoms with Gasteiger partial charge in [-0.15, -0.1) is 0 Å². The molecule has 24 heavy (non-hydrogen) atoms. The normalized spacial score (nSPS) is 11.8. The van der Waals surface area contributed by atoms with Gasteiger partial charge in [0.1, 0.15) is 12.0 Å². The minimum absolute atomic E-state index is 0.665. The summed E-state index contributed by atoms with van der Waals surface area (Å²) in [6, 6.07) is 24.8. The number of rotatable bonds is 5. The predicted molar refractivity (Wildman–Crippen MR) is 102 cm³/mol. The van der Waals surface area contributed by atoms with Crippen molar-refractivity contribution in [3.8, 4) is 5.75 Å². The van der Waals surface area contributed by atoms with Gasteiger partial charge in [0, 0.05) is 5.56 Å². The van der Waals surface area contributed by atoms with Gasteiger partial charge in [0.15, 0.2) is 0 Å². The molecule has 3 aromatic rings. The Hall–Kier alpha value is -2.44. The van der Waals surface area contributed by atoms with E-state index in [4.69, 9.17) is 4.74 Å². The van der Waals surface area contributed by atoms with Crippen molar-refractivity contribution in [3.05, 3.63) is 83.9 Å². The Morgan fingerprint density at radius 2 is 1.21 bits per heavy atom. The molecule has 0 radical (unpaired) electrons. The summed E-state index contributed by atoms with van der Waals surface area (Å²) in [5.41, 5.74) is 1.95. The topological polar surface area (TPSA) is 26.3 Å². The first-order valence-electron chi connectivity index (χ1n) is 7.77. The fourth-order valence-electron chi connectivity index (χ4n) is 2.57. The van der Waals surface area contributed by atoms with Crippen molar-refractivity contribution < 1.29 is 9.53 Å². The number of carbonyl (C=O) groups is 1. The molecule has 0 spiro atoms. The quantitative estimate of drug-likeness (QED) is 0.527. The van der Waals surface area contributed by atoms with Gasteiger partial charge in [0.25, 0.3) is 0 Å². The van der Waals surface area contributed by atoms with Gasteiger partial charge in [-0.1, -0.05) is 66.2 Å². The molecule has 3 rings (SSSR count). The third-order valence-electron chi connectivity index (χ3n) is 3.91. The van der Waals surface area contributed by atoms with Gasteiger partial charge >= 0.3 is 0 Å². The lowest BCUT2D eigenvalue weighted by Gasteiger charge is -2.20. The van der Waals surface area contributed by atoms with E-state index >= 15 is 0 Å². The minimum Gasteiger partial charge on any atom is -0.497 e. The second-order valence-corrected chi connectivity index (χ2v) is 7.80. The van der Waals surface area contributed by atoms with Crippen LogP contribution in [0.2, 0.25) is 0 Å². The van der Waals surface area contributed by atoms with Crippen LogP contribution in [0.15, 0.2) is 72.8 Å². The first kappa shape index (κ1) is 16.4. The molecule has 3 aromatic carbocycles. The Bertz CT molecular complexity index is 806. The van der Waals surface area contributed by atoms with Crippen molar-refractivity contribution in [2.75, 3.05) is 7.11 Å². The van der Waals surface area contributed by atoms with Crippen LogP contribution in [0.5, 0.6) is 5.75 Å². The van der Waals surface area contributed by atoms with E-state index in [0.29, 0.717) is 5.56 Å². The van der Waals surface area contributed by atoms with Gasteiger partial charge in [-0.2, -0.15) is 0 Å². The molecule has 0 saturated heterocycles. The third kappa shape index (κ3) is 3.55. The summed E-state index contributed by atoms with van der Waals surface area (Å²) in [5.74, 6) is 0.855. The number of carbonyl (C=O) groups excluding carboxylic acids is 1. The maximum Gasteiger partial charge on any atom is 0.150 e. The molecule has 0 saturated carbocycles. The van der Waals surface area contributed by atoms with Crippen LogP contribution in [0.3, 0.4) is 0 Å². The van der Waals surface area contributed by atoms with Crippen molar-refractivity contribution in [1.82, 2.24) is 0 Å². The van der Waals surface area contributed by atoms with Crippen molar-refractivity contribution in [2.45, 2.75) is 6.92 Å². The van der Waals surface area contributed by atoms with E-state index in [1.54, 1.807) is 7.11 Å². The van der Waals surface area contributed by atoms with Crippen LogP contribution in [0, 0.1) is 6.92 Å². The molecule has 120 valence electrons. The molecular weight excluding hydrogens is 315 g/mol. The third-order valence-corrected chi connectivity index (χ3v) is 6.35. The lowest BCUT2D eigenvalue weighted by molar-refractivity contribution is 0.112. The summed E-state index contributed by atoms with van der Waals surface area (Å²) in [7, 11) is 1.01. The molecule has 3 heteroatoms. The van der Waals surface area contributed by atoms with Crippen LogP contribution in [-0.2, 0) is 0 Å². The van der Waals surface area contributed by atoms with E-state index in [2.05, 4.69) is 55.5 Å². The highest BCUT2D eigenvalue weighted by Gasteiger charge is 2.16. The maximum atomic E-state index is 10.9. The predicted octanol–water partition coefficient (Wildman–Crippen LogP) is 3.57.